The molecular formula is C44H42O8. The van der Waals surface area contributed by atoms with E-state index in [1.165, 1.54) is 0 Å². The van der Waals surface area contributed by atoms with Gasteiger partial charge in [-0.15, -0.1) is 0 Å². The lowest BCUT2D eigenvalue weighted by Crippen LogP contribution is -2.67. The summed E-state index contributed by atoms with van der Waals surface area (Å²) in [6, 6.07) is 16.5. The summed E-state index contributed by atoms with van der Waals surface area (Å²) in [6.07, 6.45) is 0.955. The van der Waals surface area contributed by atoms with E-state index in [2.05, 4.69) is 30.6 Å². The number of aromatic hydroxyl groups is 1. The van der Waals surface area contributed by atoms with Gasteiger partial charge in [0, 0.05) is 39.0 Å². The summed E-state index contributed by atoms with van der Waals surface area (Å²) in [4.78, 5) is 41.5. The second-order valence-corrected chi connectivity index (χ2v) is 14.9. The van der Waals surface area contributed by atoms with Crippen molar-refractivity contribution in [2.24, 2.45) is 22.7 Å². The Morgan fingerprint density at radius 2 is 1.50 bits per heavy atom. The molecule has 0 radical (unpaired) electrons. The number of carbonyl (C=O) groups is 3. The Morgan fingerprint density at radius 1 is 0.923 bits per heavy atom. The standard InChI is InChI=1S/C44H42O8/c1-8-26-9-11-27(12-10-26)13-17-29-21-30(18-14-28-15-19-31(52-7)20-16-28)37(46)34-32(29)22-42(5)23-43(6)35(24(2)3)38(47)33(25(4)45)40(49)44(43,51)41(50)36(42)39(34)48/h9-12,15-16,19-21,24,35,46-47,50-51H,8,22-23H2,1-7H3/t35?,42-,43-,44+/m1/s1. The minimum Gasteiger partial charge on any atom is -0.511 e. The van der Waals surface area contributed by atoms with Gasteiger partial charge in [0.2, 0.25) is 5.78 Å². The molecule has 266 valence electrons. The number of ketones is 3. The Labute approximate surface area is 303 Å². The number of methoxy groups -OCH3 is 1. The van der Waals surface area contributed by atoms with E-state index in [0.717, 1.165) is 24.5 Å². The molecule has 4 atom stereocenters. The highest BCUT2D eigenvalue weighted by Gasteiger charge is 2.71. The highest BCUT2D eigenvalue weighted by atomic mass is 16.5. The van der Waals surface area contributed by atoms with E-state index < -0.39 is 62.5 Å². The molecule has 3 aromatic rings. The van der Waals surface area contributed by atoms with Crippen LogP contribution in [0.5, 0.6) is 11.5 Å². The molecule has 3 aliphatic rings. The maximum atomic E-state index is 14.8. The summed E-state index contributed by atoms with van der Waals surface area (Å²) in [6.45, 7) is 10.1. The summed E-state index contributed by atoms with van der Waals surface area (Å²) < 4.78 is 5.23. The number of carbonyl (C=O) groups excluding carboxylic acids is 3. The van der Waals surface area contributed by atoms with E-state index in [-0.39, 0.29) is 35.5 Å². The number of aliphatic hydroxyl groups excluding tert-OH is 2. The maximum absolute atomic E-state index is 14.8. The molecule has 0 aromatic heterocycles. The monoisotopic (exact) mass is 698 g/mol. The number of benzene rings is 3. The van der Waals surface area contributed by atoms with E-state index in [1.54, 1.807) is 65.1 Å². The van der Waals surface area contributed by atoms with Crippen LogP contribution < -0.4 is 4.74 Å². The molecule has 52 heavy (non-hydrogen) atoms. The van der Waals surface area contributed by atoms with Gasteiger partial charge in [-0.3, -0.25) is 14.4 Å². The first kappa shape index (κ1) is 36.2. The first-order chi connectivity index (χ1) is 24.5. The lowest BCUT2D eigenvalue weighted by Gasteiger charge is -2.59. The van der Waals surface area contributed by atoms with Crippen molar-refractivity contribution >= 4 is 17.3 Å². The van der Waals surface area contributed by atoms with Gasteiger partial charge in [-0.2, -0.15) is 0 Å². The molecule has 3 aliphatic carbocycles. The summed E-state index contributed by atoms with van der Waals surface area (Å²) >= 11 is 0. The summed E-state index contributed by atoms with van der Waals surface area (Å²) in [5.74, 6) is 7.33. The molecule has 0 saturated heterocycles. The highest BCUT2D eigenvalue weighted by Crippen LogP contribution is 2.65. The Morgan fingerprint density at radius 3 is 2.04 bits per heavy atom. The maximum Gasteiger partial charge on any atom is 0.209 e. The normalized spacial score (nSPS) is 25.0. The van der Waals surface area contributed by atoms with Crippen molar-refractivity contribution in [1.82, 2.24) is 0 Å². The molecule has 0 saturated carbocycles. The molecule has 1 unspecified atom stereocenters. The Kier molecular flexibility index (Phi) is 8.98. The minimum absolute atomic E-state index is 0.0178. The van der Waals surface area contributed by atoms with Crippen LogP contribution in [-0.4, -0.2) is 50.5 Å². The third-order valence-corrected chi connectivity index (χ3v) is 11.1. The highest BCUT2D eigenvalue weighted by molar-refractivity contribution is 6.25. The molecule has 4 N–H and O–H groups in total. The topological polar surface area (TPSA) is 141 Å². The van der Waals surface area contributed by atoms with Crippen LogP contribution in [0, 0.1) is 46.3 Å². The second kappa shape index (κ2) is 12.9. The van der Waals surface area contributed by atoms with Crippen LogP contribution in [0.4, 0.5) is 0 Å². The first-order valence-electron chi connectivity index (χ1n) is 17.4. The number of phenols is 1. The van der Waals surface area contributed by atoms with Crippen molar-refractivity contribution in [2.75, 3.05) is 7.11 Å². The molecule has 8 nitrogen and oxygen atoms in total. The Bertz CT molecular complexity index is 2230. The molecule has 0 fully saturated rings. The van der Waals surface area contributed by atoms with Crippen LogP contribution >= 0.6 is 0 Å². The average molecular weight is 699 g/mol. The molecule has 6 rings (SSSR count). The molecule has 0 bridgehead atoms. The van der Waals surface area contributed by atoms with E-state index in [9.17, 15) is 34.8 Å². The van der Waals surface area contributed by atoms with Gasteiger partial charge in [0.25, 0.3) is 0 Å². The van der Waals surface area contributed by atoms with Crippen molar-refractivity contribution in [3.8, 4) is 35.2 Å². The number of hydrogen-bond acceptors (Lipinski definition) is 8. The van der Waals surface area contributed by atoms with Crippen LogP contribution in [0.2, 0.25) is 0 Å². The lowest BCUT2D eigenvalue weighted by atomic mass is 9.44. The Hall–Kier alpha value is -5.57. The molecule has 3 aromatic carbocycles. The smallest absolute Gasteiger partial charge is 0.209 e. The van der Waals surface area contributed by atoms with Crippen LogP contribution in [0.1, 0.15) is 91.7 Å². The van der Waals surface area contributed by atoms with Gasteiger partial charge in [-0.25, -0.2) is 0 Å². The van der Waals surface area contributed by atoms with Gasteiger partial charge in [-0.05, 0) is 85.7 Å². The number of hydrogen-bond donors (Lipinski definition) is 4. The third-order valence-electron chi connectivity index (χ3n) is 11.1. The van der Waals surface area contributed by atoms with Crippen molar-refractivity contribution in [2.45, 2.75) is 66.4 Å². The molecule has 0 aliphatic heterocycles. The van der Waals surface area contributed by atoms with Crippen LogP contribution in [-0.2, 0) is 22.4 Å². The van der Waals surface area contributed by atoms with E-state index in [4.69, 9.17) is 4.74 Å². The summed E-state index contributed by atoms with van der Waals surface area (Å²) in [5, 5.41) is 47.7. The number of aryl methyl sites for hydroxylation is 1. The van der Waals surface area contributed by atoms with Gasteiger partial charge in [0.1, 0.15) is 28.6 Å². The fourth-order valence-corrected chi connectivity index (χ4v) is 8.78. The molecular weight excluding hydrogens is 656 g/mol. The average Bonchev–Trinajstić information content (AvgIpc) is 3.09. The van der Waals surface area contributed by atoms with E-state index >= 15 is 0 Å². The first-order valence-corrected chi connectivity index (χ1v) is 17.4. The van der Waals surface area contributed by atoms with Crippen molar-refractivity contribution in [3.63, 3.8) is 0 Å². The predicted octanol–water partition coefficient (Wildman–Crippen LogP) is 6.72. The second-order valence-electron chi connectivity index (χ2n) is 14.9. The number of allylic oxidation sites excluding steroid dienone is 2. The fraction of sp³-hybridized carbons (Fsp3) is 0.341. The van der Waals surface area contributed by atoms with Crippen molar-refractivity contribution < 1.29 is 39.5 Å². The van der Waals surface area contributed by atoms with Gasteiger partial charge in [0.15, 0.2) is 17.2 Å². The minimum atomic E-state index is -2.70. The van der Waals surface area contributed by atoms with Gasteiger partial charge < -0.3 is 25.2 Å². The molecule has 0 spiro atoms. The number of Topliss-reactive ketones (excluding diaryl/α,β-unsaturated/α-hetero) is 3. The fourth-order valence-electron chi connectivity index (χ4n) is 8.78. The van der Waals surface area contributed by atoms with Crippen LogP contribution in [0.15, 0.2) is 77.3 Å². The zero-order valence-electron chi connectivity index (χ0n) is 30.4. The van der Waals surface area contributed by atoms with Gasteiger partial charge >= 0.3 is 0 Å². The van der Waals surface area contributed by atoms with Crippen LogP contribution in [0.25, 0.3) is 0 Å². The van der Waals surface area contributed by atoms with Gasteiger partial charge in [0.05, 0.1) is 18.2 Å². The summed E-state index contributed by atoms with van der Waals surface area (Å²) in [7, 11) is 1.56. The van der Waals surface area contributed by atoms with Crippen molar-refractivity contribution in [3.05, 3.63) is 116 Å². The Balaban J connectivity index is 1.59. The predicted molar refractivity (Wildman–Crippen MR) is 196 cm³/mol. The number of rotatable bonds is 4. The zero-order valence-corrected chi connectivity index (χ0v) is 30.4. The number of phenolic OH excluding ortho intramolecular Hbond substituents is 1. The van der Waals surface area contributed by atoms with E-state index in [0.29, 0.717) is 22.4 Å². The molecule has 0 amide bonds. The van der Waals surface area contributed by atoms with Crippen LogP contribution in [0.3, 0.4) is 0 Å². The quantitative estimate of drug-likeness (QED) is 0.174. The van der Waals surface area contributed by atoms with E-state index in [1.807, 2.05) is 24.3 Å². The number of ether oxygens (including phenoxy) is 1. The SMILES string of the molecule is CCc1ccc(C#Cc2cc(C#Cc3ccc(OC)cc3)c(O)c3c2C[C@]2(C)C[C@]4(C)C(C(C)C)C(O)=C(C(C)=O)C(=O)[C@]4(O)C(O)=C2C3=O)cc1. The zero-order chi connectivity index (χ0) is 37.9. The third kappa shape index (κ3) is 5.41. The number of fused-ring (bicyclic) bond motifs is 3. The lowest BCUT2D eigenvalue weighted by molar-refractivity contribution is -0.171. The largest absolute Gasteiger partial charge is 0.511 e. The molecule has 8 heteroatoms. The number of aliphatic hydroxyl groups is 3. The van der Waals surface area contributed by atoms with Gasteiger partial charge in [-0.1, -0.05) is 70.4 Å². The molecule has 0 heterocycles. The summed E-state index contributed by atoms with van der Waals surface area (Å²) in [5.41, 5.74) is -2.83. The van der Waals surface area contributed by atoms with Crippen molar-refractivity contribution in [1.29, 1.82) is 0 Å².